The van der Waals surface area contributed by atoms with Gasteiger partial charge in [-0.3, -0.25) is 4.79 Å². The summed E-state index contributed by atoms with van der Waals surface area (Å²) in [5, 5.41) is 0. The normalized spacial score (nSPS) is 10.8. The number of carbonyl (C=O) groups is 1. The van der Waals surface area contributed by atoms with E-state index in [1.165, 1.54) is 0 Å². The van der Waals surface area contributed by atoms with Gasteiger partial charge >= 0.3 is 0 Å². The summed E-state index contributed by atoms with van der Waals surface area (Å²) in [7, 11) is 0. The van der Waals surface area contributed by atoms with Crippen molar-refractivity contribution in [1.29, 1.82) is 0 Å². The molecule has 0 atom stereocenters. The lowest BCUT2D eigenvalue weighted by molar-refractivity contribution is 0.0690. The predicted molar refractivity (Wildman–Crippen MR) is 97.2 cm³/mol. The summed E-state index contributed by atoms with van der Waals surface area (Å²) in [6.07, 6.45) is 3.99. The van der Waals surface area contributed by atoms with Crippen molar-refractivity contribution in [1.82, 2.24) is 9.47 Å². The van der Waals surface area contributed by atoms with E-state index in [9.17, 15) is 4.79 Å². The van der Waals surface area contributed by atoms with Crippen LogP contribution in [0.25, 0.3) is 5.69 Å². The quantitative estimate of drug-likeness (QED) is 0.678. The number of aromatic nitrogens is 1. The van der Waals surface area contributed by atoms with Crippen LogP contribution in [0.15, 0.2) is 79.1 Å². The Kier molecular flexibility index (Phi) is 4.80. The lowest BCUT2D eigenvalue weighted by atomic mass is 10.1. The summed E-state index contributed by atoms with van der Waals surface area (Å²) < 4.78 is 2.03. The Hall–Kier alpha value is -2.81. The fourth-order valence-corrected chi connectivity index (χ4v) is 2.72. The molecule has 0 aliphatic heterocycles. The number of hydrogen-bond donors (Lipinski definition) is 0. The molecule has 0 aliphatic rings. The van der Waals surface area contributed by atoms with Crippen LogP contribution < -0.4 is 0 Å². The van der Waals surface area contributed by atoms with Crippen molar-refractivity contribution in [3.63, 3.8) is 0 Å². The van der Waals surface area contributed by atoms with Crippen LogP contribution in [0, 0.1) is 0 Å². The van der Waals surface area contributed by atoms with E-state index in [0.717, 1.165) is 16.8 Å². The second-order valence-electron chi connectivity index (χ2n) is 6.15. The van der Waals surface area contributed by atoms with Gasteiger partial charge in [0, 0.05) is 36.2 Å². The zero-order chi connectivity index (χ0) is 16.9. The third kappa shape index (κ3) is 3.57. The van der Waals surface area contributed by atoms with E-state index in [-0.39, 0.29) is 11.9 Å². The van der Waals surface area contributed by atoms with Gasteiger partial charge in [0.1, 0.15) is 0 Å². The Balaban J connectivity index is 1.80. The molecule has 122 valence electrons. The molecule has 24 heavy (non-hydrogen) atoms. The minimum absolute atomic E-state index is 0.0629. The standard InChI is InChI=1S/C21H22N2O/c1-17(2)23(16-18-8-4-3-5-9-18)21(24)19-10-12-20(13-11-19)22-14-6-7-15-22/h3-15,17H,16H2,1-2H3. The van der Waals surface area contributed by atoms with Crippen molar-refractivity contribution in [2.24, 2.45) is 0 Å². The van der Waals surface area contributed by atoms with Crippen LogP contribution in [0.5, 0.6) is 0 Å². The first-order chi connectivity index (χ1) is 11.6. The van der Waals surface area contributed by atoms with Crippen LogP contribution >= 0.6 is 0 Å². The van der Waals surface area contributed by atoms with Crippen molar-refractivity contribution in [2.75, 3.05) is 0 Å². The molecule has 0 bridgehead atoms. The molecule has 0 fully saturated rings. The summed E-state index contributed by atoms with van der Waals surface area (Å²) in [4.78, 5) is 14.8. The molecule has 0 N–H and O–H groups in total. The van der Waals surface area contributed by atoms with E-state index in [2.05, 4.69) is 26.0 Å². The topological polar surface area (TPSA) is 25.2 Å². The zero-order valence-corrected chi connectivity index (χ0v) is 14.1. The second kappa shape index (κ2) is 7.18. The van der Waals surface area contributed by atoms with Crippen LogP contribution in [0.2, 0.25) is 0 Å². The van der Waals surface area contributed by atoms with Crippen molar-refractivity contribution in [2.45, 2.75) is 26.4 Å². The van der Waals surface area contributed by atoms with Crippen molar-refractivity contribution >= 4 is 5.91 Å². The summed E-state index contributed by atoms with van der Waals surface area (Å²) in [6, 6.07) is 22.0. The molecule has 1 aromatic heterocycles. The Morgan fingerprint density at radius 2 is 1.54 bits per heavy atom. The summed E-state index contributed by atoms with van der Waals surface area (Å²) in [5.41, 5.74) is 2.91. The maximum absolute atomic E-state index is 12.9. The number of rotatable bonds is 5. The van der Waals surface area contributed by atoms with Crippen LogP contribution in [-0.2, 0) is 6.54 Å². The first kappa shape index (κ1) is 16.1. The van der Waals surface area contributed by atoms with E-state index in [4.69, 9.17) is 0 Å². The van der Waals surface area contributed by atoms with Gasteiger partial charge in [-0.05, 0) is 55.8 Å². The average molecular weight is 318 g/mol. The third-order valence-electron chi connectivity index (χ3n) is 4.10. The van der Waals surface area contributed by atoms with E-state index < -0.39 is 0 Å². The molecule has 2 aromatic carbocycles. The number of amides is 1. The molecule has 0 saturated heterocycles. The highest BCUT2D eigenvalue weighted by molar-refractivity contribution is 5.94. The molecule has 3 heteroatoms. The summed E-state index contributed by atoms with van der Waals surface area (Å²) in [6.45, 7) is 4.72. The Morgan fingerprint density at radius 1 is 0.917 bits per heavy atom. The fraction of sp³-hybridized carbons (Fsp3) is 0.190. The zero-order valence-electron chi connectivity index (χ0n) is 14.1. The molecule has 0 radical (unpaired) electrons. The first-order valence-electron chi connectivity index (χ1n) is 8.23. The van der Waals surface area contributed by atoms with Gasteiger partial charge in [0.05, 0.1) is 0 Å². The molecule has 0 unspecified atom stereocenters. The van der Waals surface area contributed by atoms with E-state index in [0.29, 0.717) is 6.54 Å². The van der Waals surface area contributed by atoms with Crippen LogP contribution in [-0.4, -0.2) is 21.4 Å². The molecule has 0 aliphatic carbocycles. The highest BCUT2D eigenvalue weighted by Crippen LogP contribution is 2.16. The molecule has 3 nitrogen and oxygen atoms in total. The van der Waals surface area contributed by atoms with E-state index in [1.807, 2.05) is 76.5 Å². The monoisotopic (exact) mass is 318 g/mol. The highest BCUT2D eigenvalue weighted by atomic mass is 16.2. The van der Waals surface area contributed by atoms with E-state index >= 15 is 0 Å². The van der Waals surface area contributed by atoms with Gasteiger partial charge in [-0.1, -0.05) is 30.3 Å². The van der Waals surface area contributed by atoms with Crippen molar-refractivity contribution in [3.8, 4) is 5.69 Å². The molecule has 0 spiro atoms. The Morgan fingerprint density at radius 3 is 2.12 bits per heavy atom. The molecule has 3 aromatic rings. The number of carbonyl (C=O) groups excluding carboxylic acids is 1. The van der Waals surface area contributed by atoms with Crippen LogP contribution in [0.4, 0.5) is 0 Å². The molecule has 1 amide bonds. The number of nitrogens with zero attached hydrogens (tertiary/aromatic N) is 2. The van der Waals surface area contributed by atoms with Gasteiger partial charge in [-0.15, -0.1) is 0 Å². The maximum Gasteiger partial charge on any atom is 0.254 e. The lowest BCUT2D eigenvalue weighted by Crippen LogP contribution is -2.36. The summed E-state index contributed by atoms with van der Waals surface area (Å²) >= 11 is 0. The Labute approximate surface area is 143 Å². The van der Waals surface area contributed by atoms with Gasteiger partial charge in [-0.2, -0.15) is 0 Å². The van der Waals surface area contributed by atoms with Crippen LogP contribution in [0.1, 0.15) is 29.8 Å². The molecule has 1 heterocycles. The van der Waals surface area contributed by atoms with Crippen molar-refractivity contribution < 1.29 is 4.79 Å². The van der Waals surface area contributed by atoms with Gasteiger partial charge < -0.3 is 9.47 Å². The number of benzene rings is 2. The third-order valence-corrected chi connectivity index (χ3v) is 4.10. The SMILES string of the molecule is CC(C)N(Cc1ccccc1)C(=O)c1ccc(-n2cccc2)cc1. The van der Waals surface area contributed by atoms with Crippen molar-refractivity contribution in [3.05, 3.63) is 90.3 Å². The molecule has 0 saturated carbocycles. The second-order valence-corrected chi connectivity index (χ2v) is 6.15. The predicted octanol–water partition coefficient (Wildman–Crippen LogP) is 4.53. The molecule has 3 rings (SSSR count). The minimum Gasteiger partial charge on any atom is -0.332 e. The van der Waals surface area contributed by atoms with E-state index in [1.54, 1.807) is 0 Å². The molecular formula is C21H22N2O. The van der Waals surface area contributed by atoms with Gasteiger partial charge in [0.2, 0.25) is 0 Å². The smallest absolute Gasteiger partial charge is 0.254 e. The Bertz CT molecular complexity index is 774. The van der Waals surface area contributed by atoms with Gasteiger partial charge in [-0.25, -0.2) is 0 Å². The van der Waals surface area contributed by atoms with Gasteiger partial charge in [0.15, 0.2) is 0 Å². The minimum atomic E-state index is 0.0629. The average Bonchev–Trinajstić information content (AvgIpc) is 3.14. The highest BCUT2D eigenvalue weighted by Gasteiger charge is 2.19. The fourth-order valence-electron chi connectivity index (χ4n) is 2.72. The first-order valence-corrected chi connectivity index (χ1v) is 8.23. The molecular weight excluding hydrogens is 296 g/mol. The number of hydrogen-bond acceptors (Lipinski definition) is 1. The summed E-state index contributed by atoms with van der Waals surface area (Å²) in [5.74, 6) is 0.0629. The lowest BCUT2D eigenvalue weighted by Gasteiger charge is -2.27. The van der Waals surface area contributed by atoms with Crippen LogP contribution in [0.3, 0.4) is 0 Å². The van der Waals surface area contributed by atoms with Gasteiger partial charge in [0.25, 0.3) is 5.91 Å². The largest absolute Gasteiger partial charge is 0.332 e. The maximum atomic E-state index is 12.9.